The number of carbonyl (C=O) groups is 1. The van der Waals surface area contributed by atoms with Crippen LogP contribution < -0.4 is 15.0 Å². The second-order valence-electron chi connectivity index (χ2n) is 12.3. The van der Waals surface area contributed by atoms with Gasteiger partial charge in [0.05, 0.1) is 40.6 Å². The zero-order chi connectivity index (χ0) is 32.3. The monoisotopic (exact) mass is 641 g/mol. The molecule has 0 radical (unpaired) electrons. The van der Waals surface area contributed by atoms with Crippen molar-refractivity contribution in [1.82, 2.24) is 34.7 Å². The zero-order valence-corrected chi connectivity index (χ0v) is 27.4. The summed E-state index contributed by atoms with van der Waals surface area (Å²) in [5.74, 6) is 1.31. The minimum absolute atomic E-state index is 0.237. The fourth-order valence-electron chi connectivity index (χ4n) is 6.52. The maximum Gasteiger partial charge on any atom is 0.271 e. The topological polar surface area (TPSA) is 115 Å². The summed E-state index contributed by atoms with van der Waals surface area (Å²) in [4.78, 5) is 29.8. The average Bonchev–Trinajstić information content (AvgIpc) is 3.42. The van der Waals surface area contributed by atoms with Gasteiger partial charge in [0.1, 0.15) is 23.3 Å². The SMILES string of the molecule is CCOc1cc(-c2ccc(N3CCC(CN4CC[C@H](C)N(C)CC4)(NC(=O)c4ncccc4Cl)CC3)nc2)c2c(C#N)cnn2c1. The van der Waals surface area contributed by atoms with Crippen molar-refractivity contribution in [2.75, 3.05) is 57.8 Å². The van der Waals surface area contributed by atoms with Crippen LogP contribution >= 0.6 is 11.6 Å². The molecule has 0 bridgehead atoms. The van der Waals surface area contributed by atoms with Gasteiger partial charge in [-0.15, -0.1) is 0 Å². The Morgan fingerprint density at radius 2 is 1.98 bits per heavy atom. The molecule has 0 unspecified atom stereocenters. The van der Waals surface area contributed by atoms with Crippen LogP contribution in [0.2, 0.25) is 5.02 Å². The molecular weight excluding hydrogens is 602 g/mol. The molecule has 2 saturated heterocycles. The number of carbonyl (C=O) groups excluding carboxylic acids is 1. The van der Waals surface area contributed by atoms with Crippen molar-refractivity contribution in [3.8, 4) is 22.9 Å². The third-order valence-corrected chi connectivity index (χ3v) is 9.69. The number of hydrogen-bond donors (Lipinski definition) is 1. The quantitative estimate of drug-likeness (QED) is 0.297. The predicted octanol–water partition coefficient (Wildman–Crippen LogP) is 4.51. The van der Waals surface area contributed by atoms with E-state index in [-0.39, 0.29) is 11.6 Å². The minimum Gasteiger partial charge on any atom is -0.492 e. The summed E-state index contributed by atoms with van der Waals surface area (Å²) < 4.78 is 7.46. The fourth-order valence-corrected chi connectivity index (χ4v) is 6.73. The molecule has 2 fully saturated rings. The smallest absolute Gasteiger partial charge is 0.271 e. The summed E-state index contributed by atoms with van der Waals surface area (Å²) in [6.07, 6.45) is 9.40. The molecule has 46 heavy (non-hydrogen) atoms. The minimum atomic E-state index is -0.429. The first-order valence-corrected chi connectivity index (χ1v) is 16.3. The lowest BCUT2D eigenvalue weighted by atomic mass is 9.86. The molecule has 6 heterocycles. The standard InChI is InChI=1S/C34H40ClN9O2/c1-4-46-27-18-28(32-26(19-36)21-39-44(32)22-27)25-7-8-30(38-20-25)43-14-10-34(11-15-43,23-42-13-9-24(2)41(3)16-17-42)40-33(45)31-29(35)6-5-12-37-31/h5-8,12,18,20-22,24H,4,9-11,13-17,23H2,1-3H3,(H,40,45)/t24-/m0/s1. The number of nitrogens with one attached hydrogen (secondary N) is 1. The second kappa shape index (κ2) is 13.6. The van der Waals surface area contributed by atoms with E-state index >= 15 is 0 Å². The van der Waals surface area contributed by atoms with E-state index < -0.39 is 5.54 Å². The first-order valence-electron chi connectivity index (χ1n) is 15.9. The van der Waals surface area contributed by atoms with Crippen molar-refractivity contribution < 1.29 is 9.53 Å². The molecule has 1 N–H and O–H groups in total. The lowest BCUT2D eigenvalue weighted by Crippen LogP contribution is -2.61. The van der Waals surface area contributed by atoms with E-state index in [1.54, 1.807) is 35.2 Å². The van der Waals surface area contributed by atoms with Gasteiger partial charge in [-0.3, -0.25) is 9.69 Å². The van der Waals surface area contributed by atoms with Crippen molar-refractivity contribution >= 4 is 28.8 Å². The normalized spacial score (nSPS) is 19.0. The molecule has 0 saturated carbocycles. The van der Waals surface area contributed by atoms with Crippen LogP contribution in [-0.2, 0) is 0 Å². The highest BCUT2D eigenvalue weighted by atomic mass is 35.5. The van der Waals surface area contributed by atoms with Crippen molar-refractivity contribution in [2.45, 2.75) is 44.7 Å². The summed E-state index contributed by atoms with van der Waals surface area (Å²) >= 11 is 6.37. The number of rotatable bonds is 8. The first-order chi connectivity index (χ1) is 22.3. The van der Waals surface area contributed by atoms with Crippen LogP contribution in [-0.4, -0.2) is 99.8 Å². The maximum atomic E-state index is 13.5. The number of piperidine rings is 1. The van der Waals surface area contributed by atoms with Gasteiger partial charge >= 0.3 is 0 Å². The lowest BCUT2D eigenvalue weighted by molar-refractivity contribution is 0.0823. The van der Waals surface area contributed by atoms with Crippen molar-refractivity contribution in [3.05, 3.63) is 71.4 Å². The molecule has 2 aliphatic rings. The number of aromatic nitrogens is 4. The number of ether oxygens (including phenoxy) is 1. The molecule has 2 aliphatic heterocycles. The molecular formula is C34H40ClN9O2. The van der Waals surface area contributed by atoms with Gasteiger partial charge in [0.25, 0.3) is 5.91 Å². The molecule has 11 nitrogen and oxygen atoms in total. The van der Waals surface area contributed by atoms with E-state index in [4.69, 9.17) is 21.3 Å². The highest BCUT2D eigenvalue weighted by Crippen LogP contribution is 2.33. The average molecular weight is 642 g/mol. The van der Waals surface area contributed by atoms with Crippen molar-refractivity contribution in [2.24, 2.45) is 0 Å². The fraction of sp³-hybridized carbons (Fsp3) is 0.441. The summed E-state index contributed by atoms with van der Waals surface area (Å²) in [6, 6.07) is 12.2. The summed E-state index contributed by atoms with van der Waals surface area (Å²) in [5, 5.41) is 17.8. The number of nitriles is 1. The molecule has 1 amide bonds. The molecule has 4 aromatic heterocycles. The Hall–Kier alpha value is -4.24. The molecule has 6 rings (SSSR count). The maximum absolute atomic E-state index is 13.5. The summed E-state index contributed by atoms with van der Waals surface area (Å²) in [7, 11) is 2.18. The summed E-state index contributed by atoms with van der Waals surface area (Å²) in [5.41, 5.74) is 2.76. The molecule has 12 heteroatoms. The van der Waals surface area contributed by atoms with E-state index in [1.807, 2.05) is 31.3 Å². The molecule has 0 aliphatic carbocycles. The van der Waals surface area contributed by atoms with E-state index in [0.717, 1.165) is 81.0 Å². The largest absolute Gasteiger partial charge is 0.492 e. The molecule has 1 atom stereocenters. The predicted molar refractivity (Wildman–Crippen MR) is 178 cm³/mol. The van der Waals surface area contributed by atoms with Crippen molar-refractivity contribution in [1.29, 1.82) is 5.26 Å². The van der Waals surface area contributed by atoms with E-state index in [9.17, 15) is 10.1 Å². The van der Waals surface area contributed by atoms with Crippen LogP contribution in [0.25, 0.3) is 16.6 Å². The van der Waals surface area contributed by atoms with Gasteiger partial charge in [0, 0.05) is 62.3 Å². The lowest BCUT2D eigenvalue weighted by Gasteiger charge is -2.45. The van der Waals surface area contributed by atoms with Gasteiger partial charge in [-0.25, -0.2) is 14.5 Å². The number of amides is 1. The van der Waals surface area contributed by atoms with Crippen LogP contribution in [0.5, 0.6) is 5.75 Å². The zero-order valence-electron chi connectivity index (χ0n) is 26.6. The number of nitrogens with zero attached hydrogens (tertiary/aromatic N) is 8. The van der Waals surface area contributed by atoms with E-state index in [0.29, 0.717) is 29.0 Å². The molecule has 4 aromatic rings. The van der Waals surface area contributed by atoms with Gasteiger partial charge < -0.3 is 19.9 Å². The number of fused-ring (bicyclic) bond motifs is 1. The Balaban J connectivity index is 1.22. The third-order valence-electron chi connectivity index (χ3n) is 9.38. The Morgan fingerprint density at radius 3 is 2.70 bits per heavy atom. The van der Waals surface area contributed by atoms with Gasteiger partial charge in [0.2, 0.25) is 0 Å². The van der Waals surface area contributed by atoms with Gasteiger partial charge in [-0.2, -0.15) is 10.4 Å². The van der Waals surface area contributed by atoms with E-state index in [1.165, 1.54) is 0 Å². The molecule has 240 valence electrons. The number of likely N-dealkylation sites (N-methyl/N-ethyl adjacent to an activating group) is 1. The highest BCUT2D eigenvalue weighted by Gasteiger charge is 2.39. The Bertz CT molecular complexity index is 1710. The number of anilines is 1. The van der Waals surface area contributed by atoms with Gasteiger partial charge in [-0.1, -0.05) is 11.6 Å². The number of hydrogen-bond acceptors (Lipinski definition) is 9. The van der Waals surface area contributed by atoms with Crippen LogP contribution in [0.1, 0.15) is 49.2 Å². The van der Waals surface area contributed by atoms with Crippen LogP contribution in [0.4, 0.5) is 5.82 Å². The molecule has 0 spiro atoms. The Labute approximate surface area is 274 Å². The van der Waals surface area contributed by atoms with E-state index in [2.05, 4.69) is 50.1 Å². The first kappa shape index (κ1) is 31.7. The number of pyridine rings is 3. The number of halogens is 1. The third kappa shape index (κ3) is 6.65. The van der Waals surface area contributed by atoms with Crippen LogP contribution in [0.15, 0.2) is 55.1 Å². The van der Waals surface area contributed by atoms with Crippen LogP contribution in [0, 0.1) is 11.3 Å². The Morgan fingerprint density at radius 1 is 1.15 bits per heavy atom. The van der Waals surface area contributed by atoms with Crippen LogP contribution in [0.3, 0.4) is 0 Å². The summed E-state index contributed by atoms with van der Waals surface area (Å²) in [6.45, 7) is 9.91. The molecule has 0 aromatic carbocycles. The van der Waals surface area contributed by atoms with Gasteiger partial charge in [-0.05, 0) is 77.0 Å². The highest BCUT2D eigenvalue weighted by molar-refractivity contribution is 6.33. The van der Waals surface area contributed by atoms with Gasteiger partial charge in [0.15, 0.2) is 0 Å². The van der Waals surface area contributed by atoms with Crippen molar-refractivity contribution in [3.63, 3.8) is 0 Å². The Kier molecular flexibility index (Phi) is 9.40. The second-order valence-corrected chi connectivity index (χ2v) is 12.7.